The minimum atomic E-state index is -0.297. The number of carbonyl (C=O) groups is 2. The Morgan fingerprint density at radius 3 is 2.43 bits per heavy atom. The van der Waals surface area contributed by atoms with Crippen LogP contribution in [0.15, 0.2) is 66.0 Å². The van der Waals surface area contributed by atoms with E-state index in [1.54, 1.807) is 35.6 Å². The number of nitrogens with two attached hydrogens (primary N) is 1. The molecule has 2 atom stereocenters. The molecule has 0 bridgehead atoms. The van der Waals surface area contributed by atoms with Crippen molar-refractivity contribution in [1.29, 1.82) is 0 Å². The Kier molecular flexibility index (Phi) is 6.39. The lowest BCUT2D eigenvalue weighted by Crippen LogP contribution is -2.92. The third-order valence-corrected chi connectivity index (χ3v) is 5.67. The number of ketones is 1. The van der Waals surface area contributed by atoms with Crippen LogP contribution in [0.1, 0.15) is 46.3 Å². The number of aryl methyl sites for hydroxylation is 1. The molecule has 3 N–H and O–H groups in total. The predicted molar refractivity (Wildman–Crippen MR) is 114 cm³/mol. The van der Waals surface area contributed by atoms with Gasteiger partial charge in [-0.25, -0.2) is 0 Å². The van der Waals surface area contributed by atoms with E-state index in [2.05, 4.69) is 53.3 Å². The highest BCUT2D eigenvalue weighted by Crippen LogP contribution is 2.23. The molecule has 0 radical (unpaired) electrons. The zero-order valence-corrected chi connectivity index (χ0v) is 17.1. The molecule has 1 amide bonds. The van der Waals surface area contributed by atoms with Crippen molar-refractivity contribution in [1.82, 2.24) is 0 Å². The fourth-order valence-electron chi connectivity index (χ4n) is 3.06. The lowest BCUT2D eigenvalue weighted by Gasteiger charge is -2.19. The predicted octanol–water partition coefficient (Wildman–Crippen LogP) is 3.94. The van der Waals surface area contributed by atoms with E-state index in [1.807, 2.05) is 13.0 Å². The second-order valence-corrected chi connectivity index (χ2v) is 7.99. The second-order valence-electron chi connectivity index (χ2n) is 7.01. The Hall–Kier alpha value is -2.76. The third kappa shape index (κ3) is 4.94. The van der Waals surface area contributed by atoms with E-state index in [-0.39, 0.29) is 23.8 Å². The maximum absolute atomic E-state index is 12.8. The van der Waals surface area contributed by atoms with Crippen LogP contribution in [0.4, 0.5) is 5.69 Å². The monoisotopic (exact) mass is 393 g/mol. The van der Waals surface area contributed by atoms with E-state index in [4.69, 9.17) is 0 Å². The quantitative estimate of drug-likeness (QED) is 0.597. The molecule has 5 heteroatoms. The molecule has 1 heterocycles. The van der Waals surface area contributed by atoms with Gasteiger partial charge >= 0.3 is 0 Å². The van der Waals surface area contributed by atoms with E-state index in [1.165, 1.54) is 22.9 Å². The van der Waals surface area contributed by atoms with Crippen LogP contribution in [0.25, 0.3) is 0 Å². The summed E-state index contributed by atoms with van der Waals surface area (Å²) in [6.45, 7) is 5.49. The SMILES string of the molecule is CC(=O)c1cccc(NC(=O)[C@@H](C)[NH2+][C@@H](c2ccc(C)cc2)c2cccs2)c1. The lowest BCUT2D eigenvalue weighted by atomic mass is 10.0. The molecule has 2 aromatic carbocycles. The second kappa shape index (κ2) is 8.95. The van der Waals surface area contributed by atoms with Crippen LogP contribution in [0, 0.1) is 6.92 Å². The number of anilines is 1. The summed E-state index contributed by atoms with van der Waals surface area (Å²) in [4.78, 5) is 25.5. The minimum Gasteiger partial charge on any atom is -0.326 e. The summed E-state index contributed by atoms with van der Waals surface area (Å²) in [5.41, 5.74) is 3.61. The zero-order valence-electron chi connectivity index (χ0n) is 16.3. The van der Waals surface area contributed by atoms with Crippen LogP contribution in [-0.4, -0.2) is 17.7 Å². The molecule has 0 aliphatic heterocycles. The van der Waals surface area contributed by atoms with E-state index in [0.717, 1.165) is 0 Å². The van der Waals surface area contributed by atoms with E-state index in [9.17, 15) is 9.59 Å². The summed E-state index contributed by atoms with van der Waals surface area (Å²) in [6, 6.07) is 19.4. The van der Waals surface area contributed by atoms with Gasteiger partial charge in [-0.15, -0.1) is 11.3 Å². The maximum Gasteiger partial charge on any atom is 0.282 e. The van der Waals surface area contributed by atoms with Gasteiger partial charge in [-0.1, -0.05) is 48.0 Å². The summed E-state index contributed by atoms with van der Waals surface area (Å²) in [6.07, 6.45) is 0. The molecule has 0 unspecified atom stereocenters. The Bertz CT molecular complexity index is 949. The molecular formula is C23H25N2O2S+. The first-order chi connectivity index (χ1) is 13.4. The number of hydrogen-bond donors (Lipinski definition) is 2. The number of hydrogen-bond acceptors (Lipinski definition) is 3. The van der Waals surface area contributed by atoms with Gasteiger partial charge in [-0.2, -0.15) is 0 Å². The molecule has 144 valence electrons. The van der Waals surface area contributed by atoms with Crippen LogP contribution in [-0.2, 0) is 4.79 Å². The van der Waals surface area contributed by atoms with Crippen LogP contribution >= 0.6 is 11.3 Å². The number of Topliss-reactive ketones (excluding diaryl/α,β-unsaturated/α-hetero) is 1. The first kappa shape index (κ1) is 20.0. The van der Waals surface area contributed by atoms with Crippen LogP contribution in [0.5, 0.6) is 0 Å². The maximum atomic E-state index is 12.8. The summed E-state index contributed by atoms with van der Waals surface area (Å²) >= 11 is 1.69. The number of carbonyl (C=O) groups excluding carboxylic acids is 2. The first-order valence-electron chi connectivity index (χ1n) is 9.31. The van der Waals surface area contributed by atoms with Gasteiger partial charge in [0.15, 0.2) is 11.8 Å². The van der Waals surface area contributed by atoms with Crippen molar-refractivity contribution >= 4 is 28.7 Å². The van der Waals surface area contributed by atoms with Gasteiger partial charge in [0, 0.05) is 16.8 Å². The van der Waals surface area contributed by atoms with Gasteiger partial charge in [-0.3, -0.25) is 9.59 Å². The number of rotatable bonds is 7. The van der Waals surface area contributed by atoms with E-state index >= 15 is 0 Å². The summed E-state index contributed by atoms with van der Waals surface area (Å²) in [7, 11) is 0. The molecule has 1 aromatic heterocycles. The number of nitrogens with one attached hydrogen (secondary N) is 1. The molecule has 4 nitrogen and oxygen atoms in total. The Morgan fingerprint density at radius 1 is 1.04 bits per heavy atom. The van der Waals surface area contributed by atoms with Gasteiger partial charge in [0.2, 0.25) is 0 Å². The third-order valence-electron chi connectivity index (χ3n) is 4.72. The summed E-state index contributed by atoms with van der Waals surface area (Å²) < 4.78 is 0. The topological polar surface area (TPSA) is 62.8 Å². The van der Waals surface area contributed by atoms with Crippen molar-refractivity contribution in [2.75, 3.05) is 5.32 Å². The number of benzene rings is 2. The molecule has 0 saturated carbocycles. The number of amides is 1. The molecule has 28 heavy (non-hydrogen) atoms. The largest absolute Gasteiger partial charge is 0.326 e. The van der Waals surface area contributed by atoms with Gasteiger partial charge in [-0.05, 0) is 44.4 Å². The van der Waals surface area contributed by atoms with Crippen LogP contribution in [0.3, 0.4) is 0 Å². The molecule has 0 aliphatic rings. The molecular weight excluding hydrogens is 368 g/mol. The standard InChI is InChI=1S/C23H24N2O2S/c1-15-9-11-18(12-10-15)22(21-8-5-13-28-21)24-16(2)23(27)25-20-7-4-6-19(14-20)17(3)26/h4-14,16,22,24H,1-3H3,(H,25,27)/p+1/t16-,22+/m1/s1. The molecule has 0 aliphatic carbocycles. The highest BCUT2D eigenvalue weighted by molar-refractivity contribution is 7.10. The Labute approximate surface area is 169 Å². The fourth-order valence-corrected chi connectivity index (χ4v) is 3.89. The number of quaternary nitrogens is 1. The minimum absolute atomic E-state index is 0.0205. The molecule has 0 spiro atoms. The van der Waals surface area contributed by atoms with Crippen molar-refractivity contribution in [2.45, 2.75) is 32.9 Å². The van der Waals surface area contributed by atoms with E-state index in [0.29, 0.717) is 11.3 Å². The van der Waals surface area contributed by atoms with Gasteiger partial charge in [0.05, 0.1) is 4.88 Å². The smallest absolute Gasteiger partial charge is 0.282 e. The first-order valence-corrected chi connectivity index (χ1v) is 10.2. The highest BCUT2D eigenvalue weighted by Gasteiger charge is 2.25. The average Bonchev–Trinajstić information content (AvgIpc) is 3.21. The van der Waals surface area contributed by atoms with Crippen molar-refractivity contribution in [3.8, 4) is 0 Å². The van der Waals surface area contributed by atoms with E-state index < -0.39 is 0 Å². The lowest BCUT2D eigenvalue weighted by molar-refractivity contribution is -0.703. The highest BCUT2D eigenvalue weighted by atomic mass is 32.1. The average molecular weight is 394 g/mol. The van der Waals surface area contributed by atoms with Crippen LogP contribution < -0.4 is 10.6 Å². The number of thiophene rings is 1. The van der Waals surface area contributed by atoms with Crippen molar-refractivity contribution in [3.63, 3.8) is 0 Å². The fraction of sp³-hybridized carbons (Fsp3) is 0.217. The van der Waals surface area contributed by atoms with Crippen molar-refractivity contribution in [3.05, 3.63) is 87.6 Å². The van der Waals surface area contributed by atoms with Gasteiger partial charge < -0.3 is 10.6 Å². The summed E-state index contributed by atoms with van der Waals surface area (Å²) in [5.74, 6) is -0.109. The van der Waals surface area contributed by atoms with Crippen LogP contribution in [0.2, 0.25) is 0 Å². The van der Waals surface area contributed by atoms with Crippen molar-refractivity contribution in [2.24, 2.45) is 0 Å². The Balaban J connectivity index is 1.75. The summed E-state index contributed by atoms with van der Waals surface area (Å²) in [5, 5.41) is 7.07. The normalized spacial score (nSPS) is 13.0. The molecule has 0 fully saturated rings. The molecule has 3 rings (SSSR count). The zero-order chi connectivity index (χ0) is 20.1. The molecule has 0 saturated heterocycles. The van der Waals surface area contributed by atoms with Crippen molar-refractivity contribution < 1.29 is 14.9 Å². The van der Waals surface area contributed by atoms with Gasteiger partial charge in [0.25, 0.3) is 5.91 Å². The molecule has 3 aromatic rings. The Morgan fingerprint density at radius 2 is 1.79 bits per heavy atom. The van der Waals surface area contributed by atoms with Gasteiger partial charge in [0.1, 0.15) is 6.04 Å².